The monoisotopic (exact) mass is 519 g/mol. The minimum absolute atomic E-state index is 0.267. The van der Waals surface area contributed by atoms with Gasteiger partial charge in [-0.15, -0.1) is 0 Å². The van der Waals surface area contributed by atoms with Gasteiger partial charge in [0, 0.05) is 10.0 Å². The van der Waals surface area contributed by atoms with Crippen LogP contribution in [0.2, 0.25) is 15.1 Å². The third kappa shape index (κ3) is 5.31. The molecule has 1 saturated heterocycles. The van der Waals surface area contributed by atoms with E-state index in [0.29, 0.717) is 37.8 Å². The number of halogens is 3. The number of carbonyl (C=O) groups is 2. The second-order valence-corrected chi connectivity index (χ2v) is 9.22. The Morgan fingerprint density at radius 3 is 2.21 bits per heavy atom. The number of amides is 2. The molecule has 1 aliphatic heterocycles. The van der Waals surface area contributed by atoms with Crippen LogP contribution in [0.3, 0.4) is 0 Å². The maximum Gasteiger partial charge on any atom is 0.298 e. The minimum atomic E-state index is -0.425. The highest BCUT2D eigenvalue weighted by Crippen LogP contribution is 2.40. The lowest BCUT2D eigenvalue weighted by Crippen LogP contribution is -2.27. The SMILES string of the molecule is COc1cc(/C=C2/SC(=O)N(c3ccc(Cl)cc3)C2=O)cc(Cl)c1OCc1ccc(Cl)cc1. The number of benzene rings is 3. The van der Waals surface area contributed by atoms with Crippen molar-refractivity contribution in [3.63, 3.8) is 0 Å². The Hall–Kier alpha value is -2.64. The fourth-order valence-corrected chi connectivity index (χ4v) is 4.50. The smallest absolute Gasteiger partial charge is 0.298 e. The van der Waals surface area contributed by atoms with E-state index in [9.17, 15) is 9.59 Å². The molecule has 3 aromatic carbocycles. The normalized spacial score (nSPS) is 14.8. The summed E-state index contributed by atoms with van der Waals surface area (Å²) in [7, 11) is 1.50. The van der Waals surface area contributed by atoms with Gasteiger partial charge in [0.2, 0.25) is 0 Å². The van der Waals surface area contributed by atoms with Crippen molar-refractivity contribution < 1.29 is 19.1 Å². The van der Waals surface area contributed by atoms with Gasteiger partial charge in [-0.2, -0.15) is 0 Å². The fourth-order valence-electron chi connectivity index (χ4n) is 3.13. The maximum atomic E-state index is 12.9. The fraction of sp³-hybridized carbons (Fsp3) is 0.0833. The van der Waals surface area contributed by atoms with Gasteiger partial charge in [0.15, 0.2) is 11.5 Å². The molecule has 5 nitrogen and oxygen atoms in total. The summed E-state index contributed by atoms with van der Waals surface area (Å²) < 4.78 is 11.3. The van der Waals surface area contributed by atoms with Crippen LogP contribution in [0.4, 0.5) is 10.5 Å². The molecule has 4 rings (SSSR count). The van der Waals surface area contributed by atoms with E-state index >= 15 is 0 Å². The Morgan fingerprint density at radius 2 is 1.58 bits per heavy atom. The number of hydrogen-bond acceptors (Lipinski definition) is 5. The molecule has 0 aliphatic carbocycles. The first kappa shape index (κ1) is 23.5. The van der Waals surface area contributed by atoms with Crippen molar-refractivity contribution in [3.05, 3.63) is 91.8 Å². The number of hydrogen-bond donors (Lipinski definition) is 0. The van der Waals surface area contributed by atoms with Gasteiger partial charge >= 0.3 is 0 Å². The van der Waals surface area contributed by atoms with Crippen molar-refractivity contribution in [2.24, 2.45) is 0 Å². The number of thioether (sulfide) groups is 1. The van der Waals surface area contributed by atoms with E-state index in [4.69, 9.17) is 44.3 Å². The van der Waals surface area contributed by atoms with Crippen LogP contribution in [0.5, 0.6) is 11.5 Å². The topological polar surface area (TPSA) is 55.8 Å². The van der Waals surface area contributed by atoms with Gasteiger partial charge in [-0.1, -0.05) is 46.9 Å². The number of carbonyl (C=O) groups excluding carboxylic acids is 2. The molecule has 0 unspecified atom stereocenters. The van der Waals surface area contributed by atoms with Crippen LogP contribution in [-0.4, -0.2) is 18.3 Å². The highest BCUT2D eigenvalue weighted by atomic mass is 35.5. The van der Waals surface area contributed by atoms with E-state index in [1.165, 1.54) is 7.11 Å². The molecule has 0 N–H and O–H groups in total. The number of rotatable bonds is 6. The van der Waals surface area contributed by atoms with Crippen molar-refractivity contribution in [2.75, 3.05) is 12.0 Å². The second kappa shape index (κ2) is 10.1. The lowest BCUT2D eigenvalue weighted by atomic mass is 10.1. The molecule has 9 heteroatoms. The molecule has 0 bridgehead atoms. The Labute approximate surface area is 209 Å². The average molecular weight is 521 g/mol. The molecule has 1 heterocycles. The molecular formula is C24H16Cl3NO4S. The van der Waals surface area contributed by atoms with Gasteiger partial charge in [-0.3, -0.25) is 9.59 Å². The molecular weight excluding hydrogens is 505 g/mol. The molecule has 0 aromatic heterocycles. The highest BCUT2D eigenvalue weighted by Gasteiger charge is 2.36. The molecule has 1 aliphatic rings. The number of methoxy groups -OCH3 is 1. The van der Waals surface area contributed by atoms with Crippen LogP contribution in [0.1, 0.15) is 11.1 Å². The van der Waals surface area contributed by atoms with E-state index < -0.39 is 11.1 Å². The lowest BCUT2D eigenvalue weighted by Gasteiger charge is -2.14. The Balaban J connectivity index is 1.57. The van der Waals surface area contributed by atoms with Gasteiger partial charge in [0.25, 0.3) is 11.1 Å². The molecule has 1 fully saturated rings. The molecule has 2 amide bonds. The average Bonchev–Trinajstić information content (AvgIpc) is 3.07. The van der Waals surface area contributed by atoms with E-state index in [1.54, 1.807) is 54.6 Å². The van der Waals surface area contributed by atoms with E-state index in [-0.39, 0.29) is 11.5 Å². The van der Waals surface area contributed by atoms with Crippen molar-refractivity contribution in [1.29, 1.82) is 0 Å². The predicted molar refractivity (Wildman–Crippen MR) is 134 cm³/mol. The Morgan fingerprint density at radius 1 is 0.939 bits per heavy atom. The molecule has 3 aromatic rings. The van der Waals surface area contributed by atoms with Crippen molar-refractivity contribution in [2.45, 2.75) is 6.61 Å². The first-order valence-corrected chi connectivity index (χ1v) is 11.6. The van der Waals surface area contributed by atoms with Gasteiger partial charge in [0.1, 0.15) is 6.61 Å². The van der Waals surface area contributed by atoms with Crippen LogP contribution in [0, 0.1) is 0 Å². The van der Waals surface area contributed by atoms with E-state index in [0.717, 1.165) is 22.2 Å². The van der Waals surface area contributed by atoms with Crippen molar-refractivity contribution in [3.8, 4) is 11.5 Å². The third-order valence-corrected chi connectivity index (χ3v) is 6.38. The molecule has 0 spiro atoms. The zero-order chi connectivity index (χ0) is 23.5. The number of ether oxygens (including phenoxy) is 2. The maximum absolute atomic E-state index is 12.9. The van der Waals surface area contributed by atoms with E-state index in [2.05, 4.69) is 0 Å². The third-order valence-electron chi connectivity index (χ3n) is 4.72. The predicted octanol–water partition coefficient (Wildman–Crippen LogP) is 7.48. The standard InChI is InChI=1S/C24H16Cl3NO4S/c1-31-20-11-15(10-19(27)22(20)32-13-14-2-4-16(25)5-3-14)12-21-23(29)28(24(30)33-21)18-8-6-17(26)7-9-18/h2-12H,13H2,1H3/b21-12+. The zero-order valence-corrected chi connectivity index (χ0v) is 20.3. The summed E-state index contributed by atoms with van der Waals surface area (Å²) in [6, 6.07) is 17.1. The molecule has 0 radical (unpaired) electrons. The second-order valence-electron chi connectivity index (χ2n) is 6.94. The summed E-state index contributed by atoms with van der Waals surface area (Å²) in [5.41, 5.74) is 1.96. The summed E-state index contributed by atoms with van der Waals surface area (Å²) in [6.45, 7) is 0.270. The van der Waals surface area contributed by atoms with Crippen LogP contribution >= 0.6 is 46.6 Å². The van der Waals surface area contributed by atoms with Crippen molar-refractivity contribution in [1.82, 2.24) is 0 Å². The Bertz CT molecular complexity index is 1240. The first-order valence-electron chi connectivity index (χ1n) is 9.64. The van der Waals surface area contributed by atoms with Gasteiger partial charge in [-0.25, -0.2) is 4.90 Å². The minimum Gasteiger partial charge on any atom is -0.493 e. The largest absolute Gasteiger partial charge is 0.493 e. The summed E-state index contributed by atoms with van der Waals surface area (Å²) in [4.78, 5) is 26.7. The van der Waals surface area contributed by atoms with Gasteiger partial charge in [-0.05, 0) is 77.5 Å². The number of imide groups is 1. The highest BCUT2D eigenvalue weighted by molar-refractivity contribution is 8.19. The first-order chi connectivity index (χ1) is 15.9. The molecule has 0 saturated carbocycles. The van der Waals surface area contributed by atoms with Crippen LogP contribution in [0.25, 0.3) is 6.08 Å². The van der Waals surface area contributed by atoms with Crippen LogP contribution in [0.15, 0.2) is 65.6 Å². The summed E-state index contributed by atoms with van der Waals surface area (Å²) >= 11 is 19.1. The summed E-state index contributed by atoms with van der Waals surface area (Å²) in [5.74, 6) is 0.352. The quantitative estimate of drug-likeness (QED) is 0.315. The van der Waals surface area contributed by atoms with Crippen LogP contribution in [-0.2, 0) is 11.4 Å². The van der Waals surface area contributed by atoms with E-state index in [1.807, 2.05) is 12.1 Å². The van der Waals surface area contributed by atoms with Gasteiger partial charge in [0.05, 0.1) is 22.7 Å². The van der Waals surface area contributed by atoms with Gasteiger partial charge < -0.3 is 9.47 Å². The number of nitrogens with zero attached hydrogens (tertiary/aromatic N) is 1. The molecule has 0 atom stereocenters. The Kier molecular flexibility index (Phi) is 7.20. The summed E-state index contributed by atoms with van der Waals surface area (Å²) in [5, 5.41) is 1.07. The van der Waals surface area contributed by atoms with Crippen molar-refractivity contribution >= 4 is 69.5 Å². The zero-order valence-electron chi connectivity index (χ0n) is 17.2. The lowest BCUT2D eigenvalue weighted by molar-refractivity contribution is -0.113. The molecule has 168 valence electrons. The summed E-state index contributed by atoms with van der Waals surface area (Å²) in [6.07, 6.45) is 1.60. The van der Waals surface area contributed by atoms with Crippen LogP contribution < -0.4 is 14.4 Å². The molecule has 33 heavy (non-hydrogen) atoms. The number of anilines is 1.